The van der Waals surface area contributed by atoms with Crippen molar-refractivity contribution in [2.24, 2.45) is 0 Å². The van der Waals surface area contributed by atoms with Crippen molar-refractivity contribution in [3.63, 3.8) is 0 Å². The minimum atomic E-state index is 0. The molecule has 2 aliphatic rings. The molecule has 0 atom stereocenters. The molecule has 2 fully saturated rings. The molecule has 5 aromatic rings. The second-order valence-corrected chi connectivity index (χ2v) is 12.7. The summed E-state index contributed by atoms with van der Waals surface area (Å²) >= 11 is 0. The number of para-hydroxylation sites is 2. The predicted molar refractivity (Wildman–Crippen MR) is 398 cm³/mol. The summed E-state index contributed by atoms with van der Waals surface area (Å²) in [4.78, 5) is 14.3. The largest absolute Gasteiger partial charge is 0.358 e. The summed E-state index contributed by atoms with van der Waals surface area (Å²) in [6.07, 6.45) is 7.06. The number of nitrogens with zero attached hydrogens (tertiary/aromatic N) is 2. The van der Waals surface area contributed by atoms with Crippen LogP contribution in [0.1, 0.15) is 248 Å². The van der Waals surface area contributed by atoms with E-state index < -0.39 is 0 Å². The first-order valence-corrected chi connectivity index (χ1v) is 31.0. The zero-order chi connectivity index (χ0) is 64.4. The third-order valence-electron chi connectivity index (χ3n) is 8.33. The van der Waals surface area contributed by atoms with E-state index in [1.165, 1.54) is 28.0 Å². The molecule has 0 spiro atoms. The molecule has 5 radical (unpaired) electrons. The van der Waals surface area contributed by atoms with Gasteiger partial charge in [0.1, 0.15) is 6.29 Å². The number of benzene rings is 5. The number of carbonyl (C=O) groups excluding carboxylic acids is 1. The van der Waals surface area contributed by atoms with Crippen LogP contribution in [0.4, 0.5) is 11.4 Å². The molecule has 8 heteroatoms. The number of hydrogen-bond acceptors (Lipinski definition) is 3. The summed E-state index contributed by atoms with van der Waals surface area (Å²) < 4.78 is 0. The van der Waals surface area contributed by atoms with Crippen LogP contribution in [0.15, 0.2) is 218 Å². The molecule has 2 saturated heterocycles. The van der Waals surface area contributed by atoms with E-state index in [0.717, 1.165) is 66.0 Å². The third-order valence-corrected chi connectivity index (χ3v) is 8.33. The van der Waals surface area contributed by atoms with Gasteiger partial charge in [0.25, 0.3) is 0 Å². The zero-order valence-electron chi connectivity index (χ0n) is 62.6. The van der Waals surface area contributed by atoms with Crippen LogP contribution in [-0.4, -0.2) is 6.29 Å². The minimum absolute atomic E-state index is 0. The average molecular weight is 1580 g/mol. The minimum Gasteiger partial charge on any atom is -0.358 e. The van der Waals surface area contributed by atoms with Crippen molar-refractivity contribution in [2.75, 3.05) is 9.80 Å². The van der Waals surface area contributed by atoms with Crippen LogP contribution in [0.3, 0.4) is 0 Å². The Labute approximate surface area is 676 Å². The van der Waals surface area contributed by atoms with Gasteiger partial charge in [0.05, 0.1) is 0 Å². The van der Waals surface area contributed by atoms with Gasteiger partial charge in [-0.15, -0.1) is 6.58 Å². The molecule has 87 heavy (non-hydrogen) atoms. The van der Waals surface area contributed by atoms with Crippen molar-refractivity contribution in [1.29, 1.82) is 0 Å². The maximum absolute atomic E-state index is 10.0. The first-order chi connectivity index (χ1) is 38.6. The van der Waals surface area contributed by atoms with E-state index in [1.54, 1.807) is 12.1 Å². The number of hydrogen-bond donors (Lipinski definition) is 0. The number of allylic oxidation sites excluding steroid dienone is 5. The van der Waals surface area contributed by atoms with Gasteiger partial charge < -0.3 is 24.7 Å². The van der Waals surface area contributed by atoms with Crippen molar-refractivity contribution in [1.82, 2.24) is 0 Å². The topological polar surface area (TPSA) is 23.6 Å². The molecule has 0 unspecified atom stereocenters. The maximum atomic E-state index is 10.0. The first-order valence-electron chi connectivity index (χ1n) is 31.0. The predicted octanol–water partition coefficient (Wildman–Crippen LogP) is 28.7. The van der Waals surface area contributed by atoms with Gasteiger partial charge in [-0.1, -0.05) is 359 Å². The zero-order valence-corrected chi connectivity index (χ0v) is 76.8. The fraction of sp³-hybridized carbons (Fsp3) is 0.430. The summed E-state index contributed by atoms with van der Waals surface area (Å²) in [6.45, 7) is 78.4. The second-order valence-electron chi connectivity index (χ2n) is 12.7. The summed E-state index contributed by atoms with van der Waals surface area (Å²) in [5, 5.41) is 0. The van der Waals surface area contributed by atoms with Gasteiger partial charge >= 0.3 is 0 Å². The Morgan fingerprint density at radius 1 is 0.402 bits per heavy atom. The molecule has 491 valence electrons. The molecule has 7 rings (SSSR count). The van der Waals surface area contributed by atoms with Crippen LogP contribution in [0.25, 0.3) is 6.08 Å². The van der Waals surface area contributed by atoms with Crippen molar-refractivity contribution >= 4 is 23.7 Å². The van der Waals surface area contributed by atoms with Gasteiger partial charge in [-0.25, -0.2) is 0 Å². The van der Waals surface area contributed by atoms with Gasteiger partial charge in [0.2, 0.25) is 0 Å². The third kappa shape index (κ3) is 83.3. The Morgan fingerprint density at radius 3 is 0.851 bits per heavy atom. The Hall–Kier alpha value is -0.671. The van der Waals surface area contributed by atoms with E-state index >= 15 is 0 Å². The van der Waals surface area contributed by atoms with Crippen molar-refractivity contribution < 1.29 is 168 Å². The smallest absolute Gasteiger partial charge is 0.150 e. The molecular formula is C79H142N2OY5-2. The molecule has 3 nitrogen and oxygen atoms in total. The van der Waals surface area contributed by atoms with Crippen molar-refractivity contribution in [3.8, 4) is 0 Å². The van der Waals surface area contributed by atoms with Gasteiger partial charge in [0, 0.05) is 210 Å². The number of aldehydes is 1. The molecule has 0 saturated carbocycles. The standard InChI is InChI=1S/C19H17N.C12H13N.C7H6O.C7H8.C5H10.13C2H6.CH4.2CH3.5Y/c1-15-13-18(14-17-9-5-3-6-10-17)16(2)20(15)19-11-7-4-8-12-19;1-10-8-9-11(2)13(10)12-6-4-3-5-7-12;8-6-7-4-2-1-3-5-7;1-7-5-3-2-4-6-7;1-4-5(2)3;13*1-2;;;;;;;;/h3-12,14H,1-2,13H2;3-7H,1-2,8-9H2;1-6H;2-6H,1H3;2,4H2,1,3H3;13*1-2H3;1H4;2*1H3;;;;;/q;;;;;;;;;;;;;;;;;;;2*-1;;;;;. The molecule has 5 aromatic carbocycles. The van der Waals surface area contributed by atoms with Gasteiger partial charge in [-0.3, -0.25) is 4.79 Å². The van der Waals surface area contributed by atoms with Crippen LogP contribution >= 0.6 is 0 Å². The molecule has 0 aromatic heterocycles. The van der Waals surface area contributed by atoms with E-state index in [4.69, 9.17) is 0 Å². The van der Waals surface area contributed by atoms with E-state index in [9.17, 15) is 4.79 Å². The SMILES string of the molecule is C.C=C(C)CC.C=C1CC(=Cc2ccccc2)C(=C)N1c1ccccc1.C=C1CCC(=C)N1c1ccccc1.CC.CC.CC.CC.CC.CC.CC.CC.CC.CC.CC.CC.CC.Cc1ccccc1.O=Cc1ccccc1.[CH3-].[CH3-].[Y].[Y].[Y].[Y].[Y]. The van der Waals surface area contributed by atoms with Crippen molar-refractivity contribution in [3.05, 3.63) is 250 Å². The Bertz CT molecular complexity index is 1940. The first kappa shape index (κ1) is 139. The second kappa shape index (κ2) is 126. The summed E-state index contributed by atoms with van der Waals surface area (Å²) in [7, 11) is 0. The Morgan fingerprint density at radius 2 is 0.632 bits per heavy atom. The van der Waals surface area contributed by atoms with E-state index in [0.29, 0.717) is 0 Å². The number of anilines is 2. The average Bonchev–Trinajstić information content (AvgIpc) is 4.05. The normalized spacial score (nSPS) is 9.23. The quantitative estimate of drug-likeness (QED) is 0.0995. The molecule has 0 bridgehead atoms. The molecular weight excluding hydrogens is 1440 g/mol. The van der Waals surface area contributed by atoms with Crippen LogP contribution in [0.2, 0.25) is 0 Å². The van der Waals surface area contributed by atoms with Crippen LogP contribution in [0, 0.1) is 21.8 Å². The number of aryl methyl sites for hydroxylation is 1. The van der Waals surface area contributed by atoms with Crippen LogP contribution in [0.5, 0.6) is 0 Å². The fourth-order valence-electron chi connectivity index (χ4n) is 5.28. The van der Waals surface area contributed by atoms with Crippen LogP contribution in [-0.2, 0) is 164 Å². The van der Waals surface area contributed by atoms with Gasteiger partial charge in [0.15, 0.2) is 0 Å². The molecule has 0 amide bonds. The van der Waals surface area contributed by atoms with Gasteiger partial charge in [-0.05, 0) is 74.6 Å². The van der Waals surface area contributed by atoms with Crippen molar-refractivity contribution in [2.45, 2.75) is 234 Å². The molecule has 0 aliphatic carbocycles. The Balaban J connectivity index is -0.0000000363. The molecule has 0 N–H and O–H groups in total. The van der Waals surface area contributed by atoms with E-state index in [-0.39, 0.29) is 186 Å². The molecule has 2 heterocycles. The number of rotatable bonds is 5. The number of carbonyl (C=O) groups is 1. The molecule has 2 aliphatic heterocycles. The van der Waals surface area contributed by atoms with E-state index in [1.807, 2.05) is 278 Å². The summed E-state index contributed by atoms with van der Waals surface area (Å²) in [5.74, 6) is 0. The van der Waals surface area contributed by atoms with E-state index in [2.05, 4.69) is 111 Å². The summed E-state index contributed by atoms with van der Waals surface area (Å²) in [6, 6.07) is 50.2. The monoisotopic (exact) mass is 1580 g/mol. The van der Waals surface area contributed by atoms with Gasteiger partial charge in [-0.2, -0.15) is 0 Å². The maximum Gasteiger partial charge on any atom is 0.150 e. The summed E-state index contributed by atoms with van der Waals surface area (Å²) in [5.41, 5.74) is 12.4. The fourth-order valence-corrected chi connectivity index (χ4v) is 5.28. The van der Waals surface area contributed by atoms with Crippen LogP contribution < -0.4 is 9.80 Å². The Kier molecular flexibility index (Phi) is 201.